The lowest BCUT2D eigenvalue weighted by Gasteiger charge is -2.56. The van der Waals surface area contributed by atoms with Crippen molar-refractivity contribution in [2.24, 2.45) is 35.0 Å². The summed E-state index contributed by atoms with van der Waals surface area (Å²) in [6.07, 6.45) is 10.6. The molecule has 188 valence electrons. The number of aliphatic hydroxyl groups is 1. The topological polar surface area (TPSA) is 91.3 Å². The monoisotopic (exact) mass is 469 g/mol. The van der Waals surface area contributed by atoms with Gasteiger partial charge in [-0.05, 0) is 73.8 Å². The minimum atomic E-state index is -0.543. The van der Waals surface area contributed by atoms with Crippen molar-refractivity contribution in [3.8, 4) is 0 Å². The number of amides is 2. The van der Waals surface area contributed by atoms with E-state index in [2.05, 4.69) is 29.5 Å². The summed E-state index contributed by atoms with van der Waals surface area (Å²) < 4.78 is 0. The van der Waals surface area contributed by atoms with E-state index in [0.717, 1.165) is 57.1 Å². The second-order valence-corrected chi connectivity index (χ2v) is 11.5. The van der Waals surface area contributed by atoms with E-state index in [1.54, 1.807) is 6.20 Å². The molecular formula is C28H43N3O3. The Balaban J connectivity index is 1.39. The van der Waals surface area contributed by atoms with Gasteiger partial charge in [0, 0.05) is 24.1 Å². The molecule has 0 aromatic carbocycles. The van der Waals surface area contributed by atoms with Gasteiger partial charge in [-0.1, -0.05) is 46.1 Å². The van der Waals surface area contributed by atoms with Crippen LogP contribution in [0.3, 0.4) is 0 Å². The van der Waals surface area contributed by atoms with Crippen molar-refractivity contribution in [2.75, 3.05) is 0 Å². The molecule has 2 amide bonds. The smallest absolute Gasteiger partial charge is 0.223 e. The predicted molar refractivity (Wildman–Crippen MR) is 132 cm³/mol. The Morgan fingerprint density at radius 1 is 1.15 bits per heavy atom. The average Bonchev–Trinajstić information content (AvgIpc) is 2.85. The molecule has 0 bridgehead atoms. The minimum Gasteiger partial charge on any atom is -0.392 e. The summed E-state index contributed by atoms with van der Waals surface area (Å²) in [4.78, 5) is 30.2. The normalized spacial score (nSPS) is 35.1. The van der Waals surface area contributed by atoms with E-state index in [4.69, 9.17) is 0 Å². The summed E-state index contributed by atoms with van der Waals surface area (Å²) in [5.74, 6) is 0.273. The Hall–Kier alpha value is -1.95. The lowest BCUT2D eigenvalue weighted by molar-refractivity contribution is -0.144. The summed E-state index contributed by atoms with van der Waals surface area (Å²) in [5, 5.41) is 18.0. The van der Waals surface area contributed by atoms with Crippen LogP contribution >= 0.6 is 0 Å². The van der Waals surface area contributed by atoms with Crippen molar-refractivity contribution in [1.29, 1.82) is 0 Å². The van der Waals surface area contributed by atoms with Crippen molar-refractivity contribution in [1.82, 2.24) is 15.6 Å². The first-order chi connectivity index (χ1) is 16.3. The molecule has 7 atom stereocenters. The number of rotatable bonds is 6. The van der Waals surface area contributed by atoms with Gasteiger partial charge in [0.05, 0.1) is 18.3 Å². The fourth-order valence-corrected chi connectivity index (χ4v) is 7.20. The van der Waals surface area contributed by atoms with E-state index in [0.29, 0.717) is 6.54 Å². The maximum absolute atomic E-state index is 13.0. The Kier molecular flexibility index (Phi) is 7.96. The van der Waals surface area contributed by atoms with Crippen molar-refractivity contribution >= 4 is 11.8 Å². The Bertz CT molecular complexity index is 841. The van der Waals surface area contributed by atoms with Crippen LogP contribution in [0.15, 0.2) is 24.4 Å². The van der Waals surface area contributed by atoms with E-state index in [-0.39, 0.29) is 52.9 Å². The van der Waals surface area contributed by atoms with E-state index in [1.165, 1.54) is 6.42 Å². The quantitative estimate of drug-likeness (QED) is 0.582. The first-order valence-electron chi connectivity index (χ1n) is 13.5. The van der Waals surface area contributed by atoms with Gasteiger partial charge in [0.15, 0.2) is 0 Å². The van der Waals surface area contributed by atoms with Crippen molar-refractivity contribution in [3.63, 3.8) is 0 Å². The number of hydrogen-bond donors (Lipinski definition) is 3. The SMILES string of the molecule is C[C@H]1[C@@H]2[C@@H](O)[C@H]([C@H](C)C(=O)NCc3ccccn3)CC[C@@]2(C)CC[C@@H]1NC(=O)C1CCCCC1. The molecule has 0 radical (unpaired) electrons. The van der Waals surface area contributed by atoms with Crippen LogP contribution in [0.5, 0.6) is 0 Å². The van der Waals surface area contributed by atoms with Crippen LogP contribution in [-0.4, -0.2) is 34.1 Å². The van der Waals surface area contributed by atoms with Crippen molar-refractivity contribution in [2.45, 2.75) is 97.2 Å². The van der Waals surface area contributed by atoms with Gasteiger partial charge in [0.2, 0.25) is 11.8 Å². The molecule has 3 saturated carbocycles. The number of fused-ring (bicyclic) bond motifs is 1. The molecule has 3 aliphatic carbocycles. The third-order valence-electron chi connectivity index (χ3n) is 9.42. The van der Waals surface area contributed by atoms with Crippen molar-refractivity contribution in [3.05, 3.63) is 30.1 Å². The summed E-state index contributed by atoms with van der Waals surface area (Å²) >= 11 is 0. The van der Waals surface area contributed by atoms with Crippen LogP contribution in [-0.2, 0) is 16.1 Å². The molecule has 3 fully saturated rings. The molecule has 3 N–H and O–H groups in total. The maximum Gasteiger partial charge on any atom is 0.223 e. The van der Waals surface area contributed by atoms with E-state index in [1.807, 2.05) is 25.1 Å². The Morgan fingerprint density at radius 2 is 1.88 bits per heavy atom. The molecule has 0 spiro atoms. The highest BCUT2D eigenvalue weighted by molar-refractivity contribution is 5.79. The highest BCUT2D eigenvalue weighted by Gasteiger charge is 2.54. The summed E-state index contributed by atoms with van der Waals surface area (Å²) in [5.41, 5.74) is 0.892. The number of nitrogens with zero attached hydrogens (tertiary/aromatic N) is 1. The fraction of sp³-hybridized carbons (Fsp3) is 0.750. The zero-order chi connectivity index (χ0) is 24.3. The molecule has 0 unspecified atom stereocenters. The van der Waals surface area contributed by atoms with Crippen LogP contribution in [0.4, 0.5) is 0 Å². The first kappa shape index (κ1) is 25.2. The summed E-state index contributed by atoms with van der Waals surface area (Å²) in [7, 11) is 0. The predicted octanol–water partition coefficient (Wildman–Crippen LogP) is 4.22. The maximum atomic E-state index is 13.0. The summed E-state index contributed by atoms with van der Waals surface area (Å²) in [6, 6.07) is 5.78. The molecule has 3 aliphatic rings. The molecule has 0 aliphatic heterocycles. The van der Waals surface area contributed by atoms with Crippen LogP contribution in [0.1, 0.15) is 84.3 Å². The van der Waals surface area contributed by atoms with Crippen LogP contribution in [0.2, 0.25) is 0 Å². The molecule has 0 saturated heterocycles. The third-order valence-corrected chi connectivity index (χ3v) is 9.42. The number of aromatic nitrogens is 1. The summed E-state index contributed by atoms with van der Waals surface area (Å²) in [6.45, 7) is 6.85. The Morgan fingerprint density at radius 3 is 2.59 bits per heavy atom. The fourth-order valence-electron chi connectivity index (χ4n) is 7.20. The molecule has 4 rings (SSSR count). The Labute approximate surface area is 204 Å². The first-order valence-corrected chi connectivity index (χ1v) is 13.5. The van der Waals surface area contributed by atoms with Gasteiger partial charge in [0.25, 0.3) is 0 Å². The standard InChI is InChI=1S/C28H43N3O3/c1-18(26(33)30-17-21-11-7-8-16-29-21)22-12-14-28(3)15-13-23(19(2)24(28)25(22)32)31-27(34)20-9-5-4-6-10-20/h7-8,11,16,18-20,22-25,32H,4-6,9-10,12-15,17H2,1-3H3,(H,30,33)(H,31,34)/t18-,19+,22-,23-,24+,25-,28-/m0/s1. The lowest BCUT2D eigenvalue weighted by Crippen LogP contribution is -2.59. The second kappa shape index (κ2) is 10.8. The van der Waals surface area contributed by atoms with Gasteiger partial charge in [-0.15, -0.1) is 0 Å². The van der Waals surface area contributed by atoms with Gasteiger partial charge in [-0.25, -0.2) is 0 Å². The largest absolute Gasteiger partial charge is 0.392 e. The molecule has 1 aromatic heterocycles. The van der Waals surface area contributed by atoms with Crippen LogP contribution in [0.25, 0.3) is 0 Å². The van der Waals surface area contributed by atoms with Gasteiger partial charge >= 0.3 is 0 Å². The zero-order valence-electron chi connectivity index (χ0n) is 21.1. The highest BCUT2D eigenvalue weighted by atomic mass is 16.3. The van der Waals surface area contributed by atoms with Gasteiger partial charge in [-0.3, -0.25) is 14.6 Å². The van der Waals surface area contributed by atoms with Gasteiger partial charge in [-0.2, -0.15) is 0 Å². The van der Waals surface area contributed by atoms with Crippen molar-refractivity contribution < 1.29 is 14.7 Å². The average molecular weight is 470 g/mol. The number of nitrogens with one attached hydrogen (secondary N) is 2. The number of carbonyl (C=O) groups excluding carboxylic acids is 2. The third kappa shape index (κ3) is 5.32. The molecule has 34 heavy (non-hydrogen) atoms. The molecule has 1 aromatic rings. The number of hydrogen-bond acceptors (Lipinski definition) is 4. The van der Waals surface area contributed by atoms with E-state index < -0.39 is 6.10 Å². The lowest BCUT2D eigenvalue weighted by atomic mass is 9.51. The van der Waals surface area contributed by atoms with Gasteiger partial charge < -0.3 is 15.7 Å². The molecule has 1 heterocycles. The number of carbonyl (C=O) groups is 2. The highest BCUT2D eigenvalue weighted by Crippen LogP contribution is 2.55. The molecule has 6 heteroatoms. The van der Waals surface area contributed by atoms with E-state index in [9.17, 15) is 14.7 Å². The molecule has 6 nitrogen and oxygen atoms in total. The number of pyridine rings is 1. The van der Waals surface area contributed by atoms with Gasteiger partial charge in [0.1, 0.15) is 0 Å². The minimum absolute atomic E-state index is 0.0241. The van der Waals surface area contributed by atoms with E-state index >= 15 is 0 Å². The number of aliphatic hydroxyl groups excluding tert-OH is 1. The van der Waals surface area contributed by atoms with Crippen LogP contribution < -0.4 is 10.6 Å². The molecular weight excluding hydrogens is 426 g/mol. The van der Waals surface area contributed by atoms with Crippen LogP contribution in [0, 0.1) is 35.0 Å². The second-order valence-electron chi connectivity index (χ2n) is 11.5. The zero-order valence-corrected chi connectivity index (χ0v) is 21.1.